The van der Waals surface area contributed by atoms with E-state index >= 15 is 0 Å². The summed E-state index contributed by atoms with van der Waals surface area (Å²) in [5.41, 5.74) is 1.62. The second kappa shape index (κ2) is 5.23. The van der Waals surface area contributed by atoms with Gasteiger partial charge in [0.1, 0.15) is 0 Å². The third kappa shape index (κ3) is 2.51. The molecule has 21 heavy (non-hydrogen) atoms. The highest BCUT2D eigenvalue weighted by Crippen LogP contribution is 2.49. The van der Waals surface area contributed by atoms with Crippen molar-refractivity contribution in [1.82, 2.24) is 0 Å². The Labute approximate surface area is 128 Å². The van der Waals surface area contributed by atoms with E-state index in [-0.39, 0.29) is 5.91 Å². The first-order chi connectivity index (χ1) is 10.2. The number of hydrogen-bond donors (Lipinski definition) is 1. The van der Waals surface area contributed by atoms with E-state index in [9.17, 15) is 4.79 Å². The van der Waals surface area contributed by atoms with Crippen molar-refractivity contribution in [1.29, 1.82) is 5.26 Å². The van der Waals surface area contributed by atoms with Crippen molar-refractivity contribution in [3.05, 3.63) is 64.7 Å². The summed E-state index contributed by atoms with van der Waals surface area (Å²) in [4.78, 5) is 12.6. The lowest BCUT2D eigenvalue weighted by Gasteiger charge is -2.16. The van der Waals surface area contributed by atoms with Crippen molar-refractivity contribution >= 4 is 23.2 Å². The van der Waals surface area contributed by atoms with E-state index < -0.39 is 5.41 Å². The Morgan fingerprint density at radius 2 is 1.90 bits per heavy atom. The zero-order chi connectivity index (χ0) is 14.9. The molecule has 1 saturated carbocycles. The Hall–Kier alpha value is -2.31. The zero-order valence-electron chi connectivity index (χ0n) is 11.3. The average Bonchev–Trinajstić information content (AvgIpc) is 3.32. The van der Waals surface area contributed by atoms with Crippen LogP contribution in [0.15, 0.2) is 48.5 Å². The van der Waals surface area contributed by atoms with Crippen LogP contribution in [0.4, 0.5) is 5.69 Å². The van der Waals surface area contributed by atoms with Crippen molar-refractivity contribution in [2.45, 2.75) is 18.3 Å². The molecular formula is C17H13ClN2O. The number of carbonyl (C=O) groups is 1. The SMILES string of the molecule is N#Cc1ccc(NC(=O)C2(c3ccccc3)CC2)c(Cl)c1. The van der Waals surface area contributed by atoms with Gasteiger partial charge in [0.25, 0.3) is 0 Å². The summed E-state index contributed by atoms with van der Waals surface area (Å²) < 4.78 is 0. The number of hydrogen-bond acceptors (Lipinski definition) is 2. The molecule has 0 heterocycles. The highest BCUT2D eigenvalue weighted by Gasteiger charge is 2.51. The molecule has 1 aliphatic carbocycles. The van der Waals surface area contributed by atoms with Crippen molar-refractivity contribution in [2.75, 3.05) is 5.32 Å². The van der Waals surface area contributed by atoms with E-state index in [1.807, 2.05) is 36.4 Å². The van der Waals surface area contributed by atoms with Gasteiger partial charge in [-0.1, -0.05) is 41.9 Å². The van der Waals surface area contributed by atoms with E-state index in [0.717, 1.165) is 18.4 Å². The lowest BCUT2D eigenvalue weighted by molar-refractivity contribution is -0.118. The van der Waals surface area contributed by atoms with Crippen LogP contribution in [0.1, 0.15) is 24.0 Å². The normalized spacial score (nSPS) is 15.0. The Kier molecular flexibility index (Phi) is 3.40. The third-order valence-corrected chi connectivity index (χ3v) is 4.17. The Morgan fingerprint density at radius 1 is 1.19 bits per heavy atom. The molecule has 4 heteroatoms. The van der Waals surface area contributed by atoms with Gasteiger partial charge in [0.2, 0.25) is 5.91 Å². The van der Waals surface area contributed by atoms with Crippen LogP contribution in [0.25, 0.3) is 0 Å². The van der Waals surface area contributed by atoms with Gasteiger partial charge in [-0.05, 0) is 36.6 Å². The summed E-state index contributed by atoms with van der Waals surface area (Å²) in [6.45, 7) is 0. The smallest absolute Gasteiger partial charge is 0.235 e. The minimum absolute atomic E-state index is 0.0414. The highest BCUT2D eigenvalue weighted by atomic mass is 35.5. The van der Waals surface area contributed by atoms with E-state index in [0.29, 0.717) is 16.3 Å². The molecule has 3 rings (SSSR count). The summed E-state index contributed by atoms with van der Waals surface area (Å²) in [5.74, 6) is -0.0414. The van der Waals surface area contributed by atoms with Crippen LogP contribution in [0.5, 0.6) is 0 Å². The summed E-state index contributed by atoms with van der Waals surface area (Å²) in [5, 5.41) is 12.1. The molecule has 1 fully saturated rings. The van der Waals surface area contributed by atoms with E-state index in [2.05, 4.69) is 5.32 Å². The van der Waals surface area contributed by atoms with Gasteiger partial charge in [0.15, 0.2) is 0 Å². The average molecular weight is 297 g/mol. The van der Waals surface area contributed by atoms with Crippen LogP contribution in [-0.2, 0) is 10.2 Å². The molecule has 0 radical (unpaired) electrons. The lowest BCUT2D eigenvalue weighted by Crippen LogP contribution is -2.27. The van der Waals surface area contributed by atoms with E-state index in [1.165, 1.54) is 0 Å². The van der Waals surface area contributed by atoms with Crippen LogP contribution >= 0.6 is 11.6 Å². The molecule has 1 amide bonds. The van der Waals surface area contributed by atoms with Crippen molar-refractivity contribution in [3.8, 4) is 6.07 Å². The fraction of sp³-hybridized carbons (Fsp3) is 0.176. The molecule has 2 aromatic rings. The quantitative estimate of drug-likeness (QED) is 0.934. The summed E-state index contributed by atoms with van der Waals surface area (Å²) >= 11 is 6.10. The standard InChI is InChI=1S/C17H13ClN2O/c18-14-10-12(11-19)6-7-15(14)20-16(21)17(8-9-17)13-4-2-1-3-5-13/h1-7,10H,8-9H2,(H,20,21). The van der Waals surface area contributed by atoms with E-state index in [4.69, 9.17) is 16.9 Å². The maximum Gasteiger partial charge on any atom is 0.235 e. The highest BCUT2D eigenvalue weighted by molar-refractivity contribution is 6.34. The molecule has 0 bridgehead atoms. The number of halogens is 1. The fourth-order valence-electron chi connectivity index (χ4n) is 2.46. The molecular weight excluding hydrogens is 284 g/mol. The van der Waals surface area contributed by atoms with Crippen LogP contribution < -0.4 is 5.32 Å². The topological polar surface area (TPSA) is 52.9 Å². The predicted molar refractivity (Wildman–Crippen MR) is 82.2 cm³/mol. The predicted octanol–water partition coefficient (Wildman–Crippen LogP) is 3.88. The van der Waals surface area contributed by atoms with E-state index in [1.54, 1.807) is 18.2 Å². The molecule has 0 spiro atoms. The minimum atomic E-state index is -0.432. The monoisotopic (exact) mass is 296 g/mol. The number of nitrogens with zero attached hydrogens (tertiary/aromatic N) is 1. The Morgan fingerprint density at radius 3 is 2.48 bits per heavy atom. The fourth-order valence-corrected chi connectivity index (χ4v) is 2.68. The number of amides is 1. The first-order valence-electron chi connectivity index (χ1n) is 6.72. The Bertz CT molecular complexity index is 730. The van der Waals surface area contributed by atoms with Crippen molar-refractivity contribution < 1.29 is 4.79 Å². The molecule has 0 aromatic heterocycles. The Balaban J connectivity index is 1.83. The largest absolute Gasteiger partial charge is 0.324 e. The van der Waals surface area contributed by atoms with Gasteiger partial charge in [-0.25, -0.2) is 0 Å². The van der Waals surface area contributed by atoms with Crippen LogP contribution in [0, 0.1) is 11.3 Å². The molecule has 104 valence electrons. The number of nitriles is 1. The van der Waals surface area contributed by atoms with Gasteiger partial charge in [0, 0.05) is 0 Å². The molecule has 1 N–H and O–H groups in total. The third-order valence-electron chi connectivity index (χ3n) is 3.86. The number of benzene rings is 2. The summed E-state index contributed by atoms with van der Waals surface area (Å²) in [7, 11) is 0. The molecule has 0 saturated heterocycles. The van der Waals surface area contributed by atoms with Crippen LogP contribution in [-0.4, -0.2) is 5.91 Å². The molecule has 0 aliphatic heterocycles. The van der Waals surface area contributed by atoms with Crippen LogP contribution in [0.2, 0.25) is 5.02 Å². The minimum Gasteiger partial charge on any atom is -0.324 e. The first kappa shape index (κ1) is 13.7. The molecule has 0 atom stereocenters. The van der Waals surface area contributed by atoms with Crippen molar-refractivity contribution in [2.24, 2.45) is 0 Å². The van der Waals surface area contributed by atoms with Gasteiger partial charge >= 0.3 is 0 Å². The summed E-state index contributed by atoms with van der Waals surface area (Å²) in [6.07, 6.45) is 1.69. The van der Waals surface area contributed by atoms with Gasteiger partial charge in [-0.3, -0.25) is 4.79 Å². The lowest BCUT2D eigenvalue weighted by atomic mass is 9.95. The molecule has 1 aliphatic rings. The second-order valence-electron chi connectivity index (χ2n) is 5.21. The number of nitrogens with one attached hydrogen (secondary N) is 1. The number of rotatable bonds is 3. The van der Waals surface area contributed by atoms with Crippen LogP contribution in [0.3, 0.4) is 0 Å². The second-order valence-corrected chi connectivity index (χ2v) is 5.62. The maximum absolute atomic E-state index is 12.6. The molecule has 0 unspecified atom stereocenters. The van der Waals surface area contributed by atoms with Gasteiger partial charge in [0.05, 0.1) is 27.8 Å². The van der Waals surface area contributed by atoms with Gasteiger partial charge in [-0.15, -0.1) is 0 Å². The van der Waals surface area contributed by atoms with Crippen molar-refractivity contribution in [3.63, 3.8) is 0 Å². The van der Waals surface area contributed by atoms with Gasteiger partial charge in [-0.2, -0.15) is 5.26 Å². The maximum atomic E-state index is 12.6. The molecule has 2 aromatic carbocycles. The summed E-state index contributed by atoms with van der Waals surface area (Å²) in [6, 6.07) is 16.7. The zero-order valence-corrected chi connectivity index (χ0v) is 12.0. The first-order valence-corrected chi connectivity index (χ1v) is 7.10. The number of carbonyl (C=O) groups excluding carboxylic acids is 1. The number of anilines is 1. The van der Waals surface area contributed by atoms with Gasteiger partial charge < -0.3 is 5.32 Å². The molecule has 3 nitrogen and oxygen atoms in total.